The Kier molecular flexibility index (Phi) is 9.14. The number of ether oxygens (including phenoxy) is 3. The summed E-state index contributed by atoms with van der Waals surface area (Å²) in [7, 11) is 0. The summed E-state index contributed by atoms with van der Waals surface area (Å²) in [6.45, 7) is 12.5. The van der Waals surface area contributed by atoms with E-state index in [0.717, 1.165) is 18.4 Å². The lowest BCUT2D eigenvalue weighted by molar-refractivity contribution is -0.132. The Bertz CT molecular complexity index is 783. The monoisotopic (exact) mass is 448 g/mol. The highest BCUT2D eigenvalue weighted by molar-refractivity contribution is 5.71. The van der Waals surface area contributed by atoms with Crippen LogP contribution in [-0.2, 0) is 19.7 Å². The largest absolute Gasteiger partial charge is 0.487 e. The average molecular weight is 449 g/mol. The molecule has 1 aromatic carbocycles. The standard InChI is InChI=1S/C26H40O6/c1-7-8-9-10-12-25(3,4)19-14-22(31-18(2)29)24-20(16-27)21(11-13-30-17-28)26(5,6)32-23(24)15-19/h14-15,17,20-21,27H,7-13,16H2,1-6H3/t20-,21-/m1/s1. The Labute approximate surface area is 192 Å². The van der Waals surface area contributed by atoms with Gasteiger partial charge in [-0.3, -0.25) is 9.59 Å². The molecule has 180 valence electrons. The number of rotatable bonds is 12. The smallest absolute Gasteiger partial charge is 0.308 e. The van der Waals surface area contributed by atoms with Crippen molar-refractivity contribution in [3.8, 4) is 11.5 Å². The first-order valence-electron chi connectivity index (χ1n) is 11.8. The van der Waals surface area contributed by atoms with E-state index in [4.69, 9.17) is 14.2 Å². The second-order valence-corrected chi connectivity index (χ2v) is 10.0. The normalized spacial score (nSPS) is 19.6. The summed E-state index contributed by atoms with van der Waals surface area (Å²) in [6, 6.07) is 3.98. The minimum absolute atomic E-state index is 0.117. The highest BCUT2D eigenvalue weighted by Crippen LogP contribution is 2.51. The van der Waals surface area contributed by atoms with Crippen LogP contribution in [0.15, 0.2) is 12.1 Å². The van der Waals surface area contributed by atoms with E-state index in [1.54, 1.807) is 0 Å². The van der Waals surface area contributed by atoms with E-state index in [1.165, 1.54) is 26.2 Å². The second kappa shape index (κ2) is 11.2. The summed E-state index contributed by atoms with van der Waals surface area (Å²) in [4.78, 5) is 22.5. The van der Waals surface area contributed by atoms with Crippen molar-refractivity contribution in [2.45, 2.75) is 97.0 Å². The van der Waals surface area contributed by atoms with Gasteiger partial charge < -0.3 is 19.3 Å². The van der Waals surface area contributed by atoms with Crippen LogP contribution < -0.4 is 9.47 Å². The molecule has 6 nitrogen and oxygen atoms in total. The van der Waals surface area contributed by atoms with Crippen LogP contribution in [0.2, 0.25) is 0 Å². The number of carbonyl (C=O) groups is 2. The Balaban J connectivity index is 2.50. The molecule has 1 N–H and O–H groups in total. The number of fused-ring (bicyclic) bond motifs is 1. The first kappa shape index (κ1) is 26.2. The fourth-order valence-corrected chi connectivity index (χ4v) is 4.87. The summed E-state index contributed by atoms with van der Waals surface area (Å²) < 4.78 is 17.0. The van der Waals surface area contributed by atoms with Crippen LogP contribution in [0.3, 0.4) is 0 Å². The number of aliphatic hydroxyl groups excluding tert-OH is 1. The van der Waals surface area contributed by atoms with E-state index < -0.39 is 11.6 Å². The fraction of sp³-hybridized carbons (Fsp3) is 0.692. The van der Waals surface area contributed by atoms with E-state index in [9.17, 15) is 14.7 Å². The summed E-state index contributed by atoms with van der Waals surface area (Å²) in [6.07, 6.45) is 6.29. The molecule has 1 heterocycles. The van der Waals surface area contributed by atoms with Crippen LogP contribution in [0.25, 0.3) is 0 Å². The number of aliphatic hydroxyl groups is 1. The lowest BCUT2D eigenvalue weighted by Gasteiger charge is -2.45. The number of unbranched alkanes of at least 4 members (excludes halogenated alkanes) is 3. The molecule has 0 saturated heterocycles. The van der Waals surface area contributed by atoms with Crippen molar-refractivity contribution in [2.75, 3.05) is 13.2 Å². The number of esters is 1. The maximum Gasteiger partial charge on any atom is 0.308 e. The zero-order valence-corrected chi connectivity index (χ0v) is 20.5. The summed E-state index contributed by atoms with van der Waals surface area (Å²) in [5, 5.41) is 10.3. The topological polar surface area (TPSA) is 82.1 Å². The van der Waals surface area contributed by atoms with E-state index in [-0.39, 0.29) is 30.5 Å². The molecular weight excluding hydrogens is 408 g/mol. The fourth-order valence-electron chi connectivity index (χ4n) is 4.87. The molecule has 0 saturated carbocycles. The predicted molar refractivity (Wildman–Crippen MR) is 124 cm³/mol. The molecule has 0 aromatic heterocycles. The van der Waals surface area contributed by atoms with Gasteiger partial charge in [0.15, 0.2) is 0 Å². The Morgan fingerprint density at radius 3 is 2.56 bits per heavy atom. The van der Waals surface area contributed by atoms with E-state index in [2.05, 4.69) is 20.8 Å². The molecule has 1 aromatic rings. The van der Waals surface area contributed by atoms with Crippen LogP contribution in [0.4, 0.5) is 0 Å². The SMILES string of the molecule is CCCCCCC(C)(C)c1cc(OC(C)=O)c2c(c1)OC(C)(C)[C@H](CCOC=O)[C@H]2CO. The molecule has 2 atom stereocenters. The van der Waals surface area contributed by atoms with Crippen LogP contribution >= 0.6 is 0 Å². The molecule has 0 spiro atoms. The van der Waals surface area contributed by atoms with Gasteiger partial charge in [-0.25, -0.2) is 0 Å². The van der Waals surface area contributed by atoms with Crippen molar-refractivity contribution in [2.24, 2.45) is 5.92 Å². The van der Waals surface area contributed by atoms with Gasteiger partial charge in [-0.2, -0.15) is 0 Å². The molecule has 0 amide bonds. The summed E-state index contributed by atoms with van der Waals surface area (Å²) in [5.41, 5.74) is 1.06. The molecule has 0 radical (unpaired) electrons. The second-order valence-electron chi connectivity index (χ2n) is 10.0. The quantitative estimate of drug-likeness (QED) is 0.203. The van der Waals surface area contributed by atoms with Crippen molar-refractivity contribution >= 4 is 12.4 Å². The van der Waals surface area contributed by atoms with Gasteiger partial charge in [0.05, 0.1) is 13.2 Å². The Morgan fingerprint density at radius 2 is 1.97 bits per heavy atom. The summed E-state index contributed by atoms with van der Waals surface area (Å²) >= 11 is 0. The average Bonchev–Trinajstić information content (AvgIpc) is 2.70. The Hall–Kier alpha value is -2.08. The number of hydrogen-bond donors (Lipinski definition) is 1. The van der Waals surface area contributed by atoms with E-state index in [0.29, 0.717) is 30.0 Å². The minimum Gasteiger partial charge on any atom is -0.487 e. The zero-order valence-electron chi connectivity index (χ0n) is 20.5. The van der Waals surface area contributed by atoms with Gasteiger partial charge in [-0.15, -0.1) is 0 Å². The number of benzene rings is 1. The molecule has 6 heteroatoms. The first-order chi connectivity index (χ1) is 15.1. The third-order valence-electron chi connectivity index (χ3n) is 6.73. The van der Waals surface area contributed by atoms with Crippen molar-refractivity contribution in [1.82, 2.24) is 0 Å². The molecule has 1 aliphatic rings. The first-order valence-corrected chi connectivity index (χ1v) is 11.8. The Morgan fingerprint density at radius 1 is 1.25 bits per heavy atom. The van der Waals surface area contributed by atoms with Gasteiger partial charge in [0.1, 0.15) is 17.1 Å². The van der Waals surface area contributed by atoms with Crippen LogP contribution in [0.1, 0.15) is 97.1 Å². The zero-order chi connectivity index (χ0) is 23.9. The van der Waals surface area contributed by atoms with Gasteiger partial charge in [-0.1, -0.05) is 46.5 Å². The van der Waals surface area contributed by atoms with E-state index >= 15 is 0 Å². The minimum atomic E-state index is -0.593. The highest BCUT2D eigenvalue weighted by Gasteiger charge is 2.45. The molecule has 0 unspecified atom stereocenters. The maximum atomic E-state index is 11.9. The third-order valence-corrected chi connectivity index (χ3v) is 6.73. The van der Waals surface area contributed by atoms with Gasteiger partial charge >= 0.3 is 5.97 Å². The number of carbonyl (C=O) groups excluding carboxylic acids is 2. The maximum absolute atomic E-state index is 11.9. The van der Waals surface area contributed by atoms with Crippen molar-refractivity contribution in [1.29, 1.82) is 0 Å². The van der Waals surface area contributed by atoms with E-state index in [1.807, 2.05) is 26.0 Å². The summed E-state index contributed by atoms with van der Waals surface area (Å²) in [5.74, 6) is 0.258. The van der Waals surface area contributed by atoms with Crippen LogP contribution in [0.5, 0.6) is 11.5 Å². The lowest BCUT2D eigenvalue weighted by Crippen LogP contribution is -2.46. The molecule has 32 heavy (non-hydrogen) atoms. The molecule has 0 bridgehead atoms. The molecular formula is C26H40O6. The van der Waals surface area contributed by atoms with Crippen LogP contribution in [-0.4, -0.2) is 36.4 Å². The van der Waals surface area contributed by atoms with Gasteiger partial charge in [0.2, 0.25) is 0 Å². The van der Waals surface area contributed by atoms with Gasteiger partial charge in [0, 0.05) is 24.3 Å². The molecule has 0 fully saturated rings. The third kappa shape index (κ3) is 6.25. The lowest BCUT2D eigenvalue weighted by atomic mass is 9.71. The highest BCUT2D eigenvalue weighted by atomic mass is 16.5. The number of hydrogen-bond acceptors (Lipinski definition) is 6. The van der Waals surface area contributed by atoms with Crippen molar-refractivity contribution in [3.05, 3.63) is 23.3 Å². The molecule has 0 aliphatic carbocycles. The van der Waals surface area contributed by atoms with Gasteiger partial charge in [0.25, 0.3) is 6.47 Å². The van der Waals surface area contributed by atoms with Crippen molar-refractivity contribution < 1.29 is 28.9 Å². The van der Waals surface area contributed by atoms with Gasteiger partial charge in [-0.05, 0) is 49.8 Å². The molecule has 1 aliphatic heterocycles. The molecule has 2 rings (SSSR count). The van der Waals surface area contributed by atoms with Crippen LogP contribution in [0, 0.1) is 5.92 Å². The predicted octanol–water partition coefficient (Wildman–Crippen LogP) is 5.29. The van der Waals surface area contributed by atoms with Crippen molar-refractivity contribution in [3.63, 3.8) is 0 Å².